The van der Waals surface area contributed by atoms with Crippen LogP contribution in [-0.4, -0.2) is 26.8 Å². The summed E-state index contributed by atoms with van der Waals surface area (Å²) in [5.74, 6) is -1.46. The van der Waals surface area contributed by atoms with Crippen molar-refractivity contribution in [2.75, 3.05) is 5.32 Å². The maximum atomic E-state index is 12.4. The van der Waals surface area contributed by atoms with Crippen molar-refractivity contribution < 1.29 is 14.7 Å². The Kier molecular flexibility index (Phi) is 4.51. The molecule has 0 saturated heterocycles. The molecule has 0 aliphatic carbocycles. The second kappa shape index (κ2) is 6.19. The molecule has 0 aliphatic rings. The number of aromatic nitrogens is 2. The Morgan fingerprint density at radius 3 is 2.59 bits per heavy atom. The van der Waals surface area contributed by atoms with E-state index in [2.05, 4.69) is 10.4 Å². The largest absolute Gasteiger partial charge is 0.478 e. The summed E-state index contributed by atoms with van der Waals surface area (Å²) in [6, 6.07) is 3.17. The Hall–Kier alpha value is -2.34. The maximum Gasteiger partial charge on any atom is 0.336 e. The van der Waals surface area contributed by atoms with Crippen LogP contribution in [0.1, 0.15) is 38.9 Å². The van der Waals surface area contributed by atoms with Gasteiger partial charge < -0.3 is 10.4 Å². The van der Waals surface area contributed by atoms with Crippen molar-refractivity contribution in [1.29, 1.82) is 0 Å². The number of nitrogens with one attached hydrogen (secondary N) is 1. The summed E-state index contributed by atoms with van der Waals surface area (Å²) in [7, 11) is 0. The van der Waals surface area contributed by atoms with E-state index < -0.39 is 11.9 Å². The number of carbonyl (C=O) groups excluding carboxylic acids is 1. The average molecular weight is 322 g/mol. The molecule has 1 amide bonds. The number of benzene rings is 1. The average Bonchev–Trinajstić information content (AvgIpc) is 2.82. The van der Waals surface area contributed by atoms with E-state index in [4.69, 9.17) is 11.6 Å². The zero-order valence-corrected chi connectivity index (χ0v) is 13.2. The quantitative estimate of drug-likeness (QED) is 0.906. The maximum absolute atomic E-state index is 12.4. The number of aryl methyl sites for hydroxylation is 3. The number of nitrogens with zero attached hydrogens (tertiary/aromatic N) is 2. The number of anilines is 1. The first kappa shape index (κ1) is 16.0. The lowest BCUT2D eigenvalue weighted by Gasteiger charge is -2.12. The van der Waals surface area contributed by atoms with Crippen LogP contribution in [0.3, 0.4) is 0 Å². The highest BCUT2D eigenvalue weighted by molar-refractivity contribution is 6.34. The van der Waals surface area contributed by atoms with Crippen LogP contribution in [-0.2, 0) is 6.54 Å². The summed E-state index contributed by atoms with van der Waals surface area (Å²) in [6.07, 6.45) is 1.41. The lowest BCUT2D eigenvalue weighted by atomic mass is 10.0. The molecule has 0 aliphatic heterocycles. The second-order valence-electron chi connectivity index (χ2n) is 4.90. The number of amides is 1. The van der Waals surface area contributed by atoms with Gasteiger partial charge in [-0.05, 0) is 38.0 Å². The second-order valence-corrected chi connectivity index (χ2v) is 5.31. The molecular formula is C15H16ClN3O3. The number of hydrogen-bond acceptors (Lipinski definition) is 3. The van der Waals surface area contributed by atoms with Crippen molar-refractivity contribution in [3.63, 3.8) is 0 Å². The van der Waals surface area contributed by atoms with Gasteiger partial charge in [0.05, 0.1) is 16.8 Å². The van der Waals surface area contributed by atoms with E-state index in [9.17, 15) is 14.7 Å². The molecule has 2 rings (SSSR count). The predicted molar refractivity (Wildman–Crippen MR) is 83.7 cm³/mol. The molecule has 6 nitrogen and oxygen atoms in total. The summed E-state index contributed by atoms with van der Waals surface area (Å²) >= 11 is 5.99. The molecule has 0 saturated carbocycles. The molecule has 0 fully saturated rings. The molecule has 0 unspecified atom stereocenters. The third-order valence-corrected chi connectivity index (χ3v) is 3.64. The van der Waals surface area contributed by atoms with Crippen LogP contribution >= 0.6 is 11.6 Å². The molecule has 0 radical (unpaired) electrons. The van der Waals surface area contributed by atoms with Crippen LogP contribution in [0, 0.1) is 13.8 Å². The zero-order chi connectivity index (χ0) is 16.4. The number of carboxylic acids is 1. The highest BCUT2D eigenvalue weighted by Gasteiger charge is 2.19. The molecule has 116 valence electrons. The Labute approximate surface area is 132 Å². The van der Waals surface area contributed by atoms with E-state index in [1.807, 2.05) is 6.92 Å². The minimum Gasteiger partial charge on any atom is -0.478 e. The van der Waals surface area contributed by atoms with Crippen LogP contribution in [0.15, 0.2) is 18.3 Å². The van der Waals surface area contributed by atoms with Crippen LogP contribution in [0.25, 0.3) is 0 Å². The normalized spacial score (nSPS) is 10.5. The Morgan fingerprint density at radius 1 is 1.32 bits per heavy atom. The van der Waals surface area contributed by atoms with Gasteiger partial charge in [-0.3, -0.25) is 9.48 Å². The van der Waals surface area contributed by atoms with Gasteiger partial charge >= 0.3 is 5.97 Å². The highest BCUT2D eigenvalue weighted by atomic mass is 35.5. The van der Waals surface area contributed by atoms with E-state index >= 15 is 0 Å². The predicted octanol–water partition coefficient (Wildman–Crippen LogP) is 3.12. The zero-order valence-electron chi connectivity index (χ0n) is 12.5. The third kappa shape index (κ3) is 2.96. The van der Waals surface area contributed by atoms with E-state index in [1.54, 1.807) is 19.9 Å². The Bertz CT molecular complexity index is 753. The van der Waals surface area contributed by atoms with Gasteiger partial charge in [-0.1, -0.05) is 17.7 Å². The summed E-state index contributed by atoms with van der Waals surface area (Å²) in [4.78, 5) is 23.6. The molecule has 1 aromatic carbocycles. The van der Waals surface area contributed by atoms with Crippen molar-refractivity contribution in [3.05, 3.63) is 45.7 Å². The number of halogens is 1. The lowest BCUT2D eigenvalue weighted by molar-refractivity contribution is 0.0695. The fraction of sp³-hybridized carbons (Fsp3) is 0.267. The molecule has 1 heterocycles. The number of rotatable bonds is 4. The number of carbonyl (C=O) groups is 2. The summed E-state index contributed by atoms with van der Waals surface area (Å²) < 4.78 is 1.49. The molecule has 2 aromatic rings. The van der Waals surface area contributed by atoms with E-state index in [0.29, 0.717) is 17.8 Å². The topological polar surface area (TPSA) is 84.2 Å². The molecule has 0 bridgehead atoms. The van der Waals surface area contributed by atoms with Gasteiger partial charge in [0.2, 0.25) is 0 Å². The monoisotopic (exact) mass is 321 g/mol. The van der Waals surface area contributed by atoms with Gasteiger partial charge in [0.25, 0.3) is 5.91 Å². The van der Waals surface area contributed by atoms with Crippen LogP contribution in [0.5, 0.6) is 0 Å². The van der Waals surface area contributed by atoms with E-state index in [1.165, 1.54) is 16.9 Å². The lowest BCUT2D eigenvalue weighted by Crippen LogP contribution is -2.19. The first-order chi connectivity index (χ1) is 10.3. The van der Waals surface area contributed by atoms with Gasteiger partial charge in [0.1, 0.15) is 5.69 Å². The highest BCUT2D eigenvalue weighted by Crippen LogP contribution is 2.23. The summed E-state index contributed by atoms with van der Waals surface area (Å²) in [5.41, 5.74) is 2.25. The van der Waals surface area contributed by atoms with Crippen molar-refractivity contribution in [2.45, 2.75) is 27.3 Å². The molecule has 7 heteroatoms. The number of aromatic carboxylic acids is 1. The van der Waals surface area contributed by atoms with Gasteiger partial charge in [-0.15, -0.1) is 0 Å². The minimum atomic E-state index is -1.04. The van der Waals surface area contributed by atoms with Gasteiger partial charge in [-0.2, -0.15) is 5.10 Å². The van der Waals surface area contributed by atoms with Crippen LogP contribution in [0.2, 0.25) is 5.02 Å². The van der Waals surface area contributed by atoms with E-state index in [-0.39, 0.29) is 16.3 Å². The number of carboxylic acid groups (broad SMARTS) is 1. The number of hydrogen-bond donors (Lipinski definition) is 2. The SMILES string of the molecule is CCn1ncc(Cl)c1C(=O)Nc1cc(C(=O)O)c(C)cc1C. The minimum absolute atomic E-state index is 0.149. The Balaban J connectivity index is 2.38. The first-order valence-corrected chi connectivity index (χ1v) is 7.10. The standard InChI is InChI=1S/C15H16ClN3O3/c1-4-19-13(11(16)7-17-19)14(20)18-12-6-10(15(21)22)8(2)5-9(12)3/h5-7H,4H2,1-3H3,(H,18,20)(H,21,22). The fourth-order valence-corrected chi connectivity index (χ4v) is 2.45. The van der Waals surface area contributed by atoms with Crippen LogP contribution < -0.4 is 5.32 Å². The van der Waals surface area contributed by atoms with Crippen molar-refractivity contribution >= 4 is 29.2 Å². The molecule has 1 aromatic heterocycles. The van der Waals surface area contributed by atoms with Gasteiger partial charge in [0, 0.05) is 12.2 Å². The summed E-state index contributed by atoms with van der Waals surface area (Å²) in [6.45, 7) is 5.86. The first-order valence-electron chi connectivity index (χ1n) is 6.72. The van der Waals surface area contributed by atoms with Crippen molar-refractivity contribution in [2.24, 2.45) is 0 Å². The van der Waals surface area contributed by atoms with Gasteiger partial charge in [-0.25, -0.2) is 4.79 Å². The Morgan fingerprint density at radius 2 is 2.00 bits per heavy atom. The molecule has 2 N–H and O–H groups in total. The van der Waals surface area contributed by atoms with Crippen molar-refractivity contribution in [1.82, 2.24) is 9.78 Å². The smallest absolute Gasteiger partial charge is 0.336 e. The molecular weight excluding hydrogens is 306 g/mol. The van der Waals surface area contributed by atoms with E-state index in [0.717, 1.165) is 5.56 Å². The fourth-order valence-electron chi connectivity index (χ4n) is 2.23. The van der Waals surface area contributed by atoms with Crippen molar-refractivity contribution in [3.8, 4) is 0 Å². The van der Waals surface area contributed by atoms with Gasteiger partial charge in [0.15, 0.2) is 0 Å². The third-order valence-electron chi connectivity index (χ3n) is 3.36. The molecule has 0 atom stereocenters. The van der Waals surface area contributed by atoms with Crippen LogP contribution in [0.4, 0.5) is 5.69 Å². The summed E-state index contributed by atoms with van der Waals surface area (Å²) in [5, 5.41) is 16.1. The molecule has 22 heavy (non-hydrogen) atoms. The molecule has 0 spiro atoms.